The number of hydrogen-bond donors (Lipinski definition) is 2. The van der Waals surface area contributed by atoms with E-state index in [0.29, 0.717) is 13.0 Å². The minimum atomic E-state index is -0.904. The van der Waals surface area contributed by atoms with Crippen LogP contribution >= 0.6 is 0 Å². The summed E-state index contributed by atoms with van der Waals surface area (Å²) in [6.45, 7) is 4.74. The number of aliphatic hydroxyl groups excluding tert-OH is 2. The molecule has 13 unspecified atom stereocenters. The first-order valence-electron chi connectivity index (χ1n) is 12.9. The van der Waals surface area contributed by atoms with Gasteiger partial charge in [-0.05, 0) is 31.7 Å². The molecular weight excluding hydrogens is 426 g/mol. The second kappa shape index (κ2) is 6.71. The summed E-state index contributed by atoms with van der Waals surface area (Å²) < 4.78 is 31.7. The molecule has 33 heavy (non-hydrogen) atoms. The third-order valence-corrected chi connectivity index (χ3v) is 11.8. The van der Waals surface area contributed by atoms with Crippen LogP contribution in [0.25, 0.3) is 0 Å². The van der Waals surface area contributed by atoms with Gasteiger partial charge in [-0.3, -0.25) is 4.90 Å². The summed E-state index contributed by atoms with van der Waals surface area (Å²) in [6, 6.07) is -0.0180. The van der Waals surface area contributed by atoms with Crippen LogP contribution in [0.15, 0.2) is 0 Å². The zero-order chi connectivity index (χ0) is 23.0. The molecule has 0 aromatic rings. The minimum Gasteiger partial charge on any atom is -0.393 e. The third-order valence-electron chi connectivity index (χ3n) is 11.8. The number of likely N-dealkylation sites (tertiary alicyclic amines) is 1. The zero-order valence-corrected chi connectivity index (χ0v) is 20.2. The molecule has 7 rings (SSSR count). The minimum absolute atomic E-state index is 0.000904. The molecule has 2 heterocycles. The van der Waals surface area contributed by atoms with Gasteiger partial charge in [0.25, 0.3) is 0 Å². The van der Waals surface area contributed by atoms with Crippen LogP contribution in [0.2, 0.25) is 0 Å². The summed E-state index contributed by atoms with van der Waals surface area (Å²) in [5, 5.41) is 23.9. The van der Waals surface area contributed by atoms with Gasteiger partial charge in [0.05, 0.1) is 37.1 Å². The van der Waals surface area contributed by atoms with Crippen molar-refractivity contribution in [3.8, 4) is 0 Å². The van der Waals surface area contributed by atoms with E-state index in [1.807, 2.05) is 7.11 Å². The van der Waals surface area contributed by atoms with E-state index in [0.717, 1.165) is 32.4 Å². The summed E-state index contributed by atoms with van der Waals surface area (Å²) in [6.07, 6.45) is 1.98. The molecule has 7 bridgehead atoms. The predicted molar refractivity (Wildman–Crippen MR) is 116 cm³/mol. The second-order valence-corrected chi connectivity index (χ2v) is 12.0. The van der Waals surface area contributed by atoms with Gasteiger partial charge in [-0.15, -0.1) is 0 Å². The quantitative estimate of drug-likeness (QED) is 0.612. The van der Waals surface area contributed by atoms with Crippen molar-refractivity contribution in [2.45, 2.75) is 74.3 Å². The molecule has 13 atom stereocenters. The van der Waals surface area contributed by atoms with Crippen molar-refractivity contribution in [2.75, 3.05) is 47.8 Å². The number of rotatable bonds is 5. The fourth-order valence-corrected chi connectivity index (χ4v) is 11.5. The lowest BCUT2D eigenvalue weighted by Crippen LogP contribution is -2.81. The third kappa shape index (κ3) is 1.98. The summed E-state index contributed by atoms with van der Waals surface area (Å²) in [5.74, 6) is 0.373. The topological polar surface area (TPSA) is 89.9 Å². The molecule has 186 valence electrons. The van der Waals surface area contributed by atoms with Gasteiger partial charge in [0, 0.05) is 62.9 Å². The van der Waals surface area contributed by atoms with Crippen LogP contribution in [0.5, 0.6) is 0 Å². The molecule has 8 heteroatoms. The number of piperidine rings is 1. The van der Waals surface area contributed by atoms with Crippen LogP contribution in [0.3, 0.4) is 0 Å². The molecule has 8 nitrogen and oxygen atoms in total. The van der Waals surface area contributed by atoms with E-state index in [4.69, 9.17) is 23.7 Å². The lowest BCUT2D eigenvalue weighted by atomic mass is 9.42. The molecule has 2 aliphatic heterocycles. The Morgan fingerprint density at radius 1 is 1.12 bits per heavy atom. The number of fused-ring (bicyclic) bond motifs is 1. The predicted octanol–water partition coefficient (Wildman–Crippen LogP) is 0.637. The largest absolute Gasteiger partial charge is 0.393 e. The van der Waals surface area contributed by atoms with Crippen LogP contribution in [-0.2, 0) is 23.7 Å². The highest BCUT2D eigenvalue weighted by atomic mass is 16.7. The summed E-state index contributed by atoms with van der Waals surface area (Å²) >= 11 is 0. The molecule has 7 aliphatic rings. The molecule has 0 aromatic carbocycles. The number of nitrogens with zero attached hydrogens (tertiary/aromatic N) is 1. The van der Waals surface area contributed by atoms with Crippen LogP contribution < -0.4 is 0 Å². The van der Waals surface area contributed by atoms with E-state index in [-0.39, 0.29) is 59.5 Å². The Labute approximate surface area is 195 Å². The normalized spacial score (nSPS) is 62.5. The van der Waals surface area contributed by atoms with Gasteiger partial charge in [-0.25, -0.2) is 0 Å². The number of aliphatic hydroxyl groups is 2. The average Bonchev–Trinajstić information content (AvgIpc) is 3.39. The van der Waals surface area contributed by atoms with E-state index in [9.17, 15) is 10.2 Å². The average molecular weight is 466 g/mol. The van der Waals surface area contributed by atoms with Gasteiger partial charge in [-0.1, -0.05) is 6.92 Å². The molecule has 7 fully saturated rings. The van der Waals surface area contributed by atoms with Crippen LogP contribution in [-0.4, -0.2) is 105 Å². The fourth-order valence-electron chi connectivity index (χ4n) is 11.5. The van der Waals surface area contributed by atoms with Crippen molar-refractivity contribution in [1.29, 1.82) is 0 Å². The van der Waals surface area contributed by atoms with Crippen molar-refractivity contribution in [1.82, 2.24) is 4.90 Å². The Kier molecular flexibility index (Phi) is 4.46. The Hall–Kier alpha value is -0.320. The summed E-state index contributed by atoms with van der Waals surface area (Å²) in [7, 11) is 5.39. The number of methoxy groups -OCH3 is 3. The van der Waals surface area contributed by atoms with Gasteiger partial charge in [0.1, 0.15) is 18.0 Å². The van der Waals surface area contributed by atoms with E-state index >= 15 is 0 Å². The van der Waals surface area contributed by atoms with Crippen molar-refractivity contribution >= 4 is 0 Å². The molecule has 0 amide bonds. The molecule has 2 N–H and O–H groups in total. The Bertz CT molecular complexity index is 844. The van der Waals surface area contributed by atoms with Gasteiger partial charge < -0.3 is 33.9 Å². The molecule has 5 aliphatic carbocycles. The van der Waals surface area contributed by atoms with Gasteiger partial charge in [-0.2, -0.15) is 0 Å². The maximum atomic E-state index is 12.5. The molecular formula is C25H39NO7. The lowest BCUT2D eigenvalue weighted by molar-refractivity contribution is -0.286. The SMILES string of the molecule is CCN1CC2(COC)CCC(OC)C34C5CC6C(O)CC7(OCOC7(C(O)C23)C14)C5C6OC. The Balaban J connectivity index is 1.56. The second-order valence-electron chi connectivity index (χ2n) is 12.0. The zero-order valence-electron chi connectivity index (χ0n) is 20.2. The number of hydrogen-bond acceptors (Lipinski definition) is 8. The highest BCUT2D eigenvalue weighted by Crippen LogP contribution is 2.82. The van der Waals surface area contributed by atoms with E-state index in [1.54, 1.807) is 14.2 Å². The monoisotopic (exact) mass is 465 g/mol. The van der Waals surface area contributed by atoms with Gasteiger partial charge >= 0.3 is 0 Å². The summed E-state index contributed by atoms with van der Waals surface area (Å²) in [5.41, 5.74) is -2.12. The number of ether oxygens (including phenoxy) is 5. The van der Waals surface area contributed by atoms with Crippen molar-refractivity contribution in [2.24, 2.45) is 34.5 Å². The highest BCUT2D eigenvalue weighted by Gasteiger charge is 2.93. The first-order valence-corrected chi connectivity index (χ1v) is 12.9. The van der Waals surface area contributed by atoms with Crippen molar-refractivity contribution in [3.05, 3.63) is 0 Å². The van der Waals surface area contributed by atoms with Crippen molar-refractivity contribution in [3.63, 3.8) is 0 Å². The molecule has 0 aromatic heterocycles. The van der Waals surface area contributed by atoms with Crippen LogP contribution in [0.4, 0.5) is 0 Å². The fraction of sp³-hybridized carbons (Fsp3) is 1.00. The van der Waals surface area contributed by atoms with Gasteiger partial charge in [0.15, 0.2) is 0 Å². The van der Waals surface area contributed by atoms with E-state index in [1.165, 1.54) is 0 Å². The molecule has 0 radical (unpaired) electrons. The van der Waals surface area contributed by atoms with Gasteiger partial charge in [0.2, 0.25) is 0 Å². The molecule has 5 saturated carbocycles. The smallest absolute Gasteiger partial charge is 0.148 e. The first-order chi connectivity index (χ1) is 15.9. The highest BCUT2D eigenvalue weighted by molar-refractivity contribution is 5.42. The van der Waals surface area contributed by atoms with Crippen LogP contribution in [0.1, 0.15) is 32.6 Å². The number of likely N-dealkylation sites (N-methyl/N-ethyl adjacent to an activating group) is 1. The maximum Gasteiger partial charge on any atom is 0.148 e. The standard InChI is InChI=1S/C25H39NO7/c1-5-26-10-22(11-29-2)7-6-16(30-3)24-14-8-13-15(27)9-23(17(14)18(13)31-4)25(21(24)26,33-12-32-23)20(28)19(22)24/h13-21,27-28H,5-12H2,1-4H3. The van der Waals surface area contributed by atoms with E-state index in [2.05, 4.69) is 11.8 Å². The van der Waals surface area contributed by atoms with E-state index < -0.39 is 23.4 Å². The molecule has 3 spiro atoms. The summed E-state index contributed by atoms with van der Waals surface area (Å²) in [4.78, 5) is 2.56. The lowest BCUT2D eigenvalue weighted by Gasteiger charge is -2.70. The molecule has 2 saturated heterocycles. The Morgan fingerprint density at radius 2 is 1.94 bits per heavy atom. The van der Waals surface area contributed by atoms with Crippen LogP contribution in [0, 0.1) is 34.5 Å². The Morgan fingerprint density at radius 3 is 2.64 bits per heavy atom. The first kappa shape index (κ1) is 21.9. The maximum absolute atomic E-state index is 12.5. The van der Waals surface area contributed by atoms with Crippen molar-refractivity contribution < 1.29 is 33.9 Å².